The number of hydrogen-bond acceptors (Lipinski definition) is 2. The fraction of sp³-hybridized carbons (Fsp3) is 0.812. The summed E-state index contributed by atoms with van der Waals surface area (Å²) in [5, 5.41) is 11.3. The summed E-state index contributed by atoms with van der Waals surface area (Å²) >= 11 is 0. The average molecular weight is 488 g/mol. The lowest BCUT2D eigenvalue weighted by atomic mass is 9.78. The quantitative estimate of drug-likeness (QED) is 0.128. The Hall–Kier alpha value is -1.38. The molecule has 3 unspecified atom stereocenters. The van der Waals surface area contributed by atoms with Gasteiger partial charge < -0.3 is 0 Å². The molecule has 0 spiro atoms. The van der Waals surface area contributed by atoms with Crippen molar-refractivity contribution in [2.24, 2.45) is 17.8 Å². The Labute approximate surface area is 218 Å². The monoisotopic (exact) mass is 487 g/mol. The maximum Gasteiger partial charge on any atom is 0.207 e. The largest absolute Gasteiger partial charge is 0.265 e. The van der Waals surface area contributed by atoms with Crippen molar-refractivity contribution < 1.29 is 4.92 Å². The zero-order chi connectivity index (χ0) is 26.1. The minimum atomic E-state index is -0.139. The van der Waals surface area contributed by atoms with Crippen molar-refractivity contribution >= 4 is 0 Å². The summed E-state index contributed by atoms with van der Waals surface area (Å²) in [6.45, 7) is 13.9. The topological polar surface area (TPSA) is 43.1 Å². The lowest BCUT2D eigenvalue weighted by Crippen LogP contribution is -2.17. The summed E-state index contributed by atoms with van der Waals surface area (Å²) in [6, 6.07) is 4.63. The fourth-order valence-corrected chi connectivity index (χ4v) is 5.65. The van der Waals surface area contributed by atoms with Gasteiger partial charge in [-0.05, 0) is 59.3 Å². The van der Waals surface area contributed by atoms with Crippen molar-refractivity contribution in [3.8, 4) is 0 Å². The van der Waals surface area contributed by atoms with Crippen molar-refractivity contribution in [1.82, 2.24) is 0 Å². The molecule has 0 aromatic heterocycles. The lowest BCUT2D eigenvalue weighted by Gasteiger charge is -2.27. The van der Waals surface area contributed by atoms with E-state index in [2.05, 4.69) is 53.7 Å². The van der Waals surface area contributed by atoms with Crippen LogP contribution in [0.3, 0.4) is 0 Å². The van der Waals surface area contributed by atoms with Gasteiger partial charge in [-0.3, -0.25) is 10.1 Å². The van der Waals surface area contributed by atoms with Gasteiger partial charge in [0.05, 0.1) is 0 Å². The summed E-state index contributed by atoms with van der Waals surface area (Å²) in [5.41, 5.74) is 5.88. The normalized spacial score (nSPS) is 14.1. The lowest BCUT2D eigenvalue weighted by molar-refractivity contribution is -0.479. The van der Waals surface area contributed by atoms with Gasteiger partial charge in [0.25, 0.3) is 0 Å². The summed E-state index contributed by atoms with van der Waals surface area (Å²) in [6.07, 6.45) is 19.2. The zero-order valence-corrected chi connectivity index (χ0v) is 24.2. The Bertz CT molecular complexity index is 699. The SMILES string of the molecule is CCCCC(CC)Cc1ccc(CC[N+](=O)[O-])c(CC(CC)CCCC)c1CC(CC)CCCC. The van der Waals surface area contributed by atoms with Crippen LogP contribution >= 0.6 is 0 Å². The number of benzene rings is 1. The molecule has 0 aliphatic carbocycles. The van der Waals surface area contributed by atoms with Crippen LogP contribution in [0.1, 0.15) is 141 Å². The second-order valence-corrected chi connectivity index (χ2v) is 11.0. The van der Waals surface area contributed by atoms with Crippen molar-refractivity contribution in [1.29, 1.82) is 0 Å². The van der Waals surface area contributed by atoms with Gasteiger partial charge in [0.15, 0.2) is 0 Å². The van der Waals surface area contributed by atoms with Gasteiger partial charge in [0, 0.05) is 11.3 Å². The molecule has 0 bridgehead atoms. The highest BCUT2D eigenvalue weighted by Crippen LogP contribution is 2.32. The summed E-state index contributed by atoms with van der Waals surface area (Å²) in [7, 11) is 0. The van der Waals surface area contributed by atoms with Gasteiger partial charge in [-0.15, -0.1) is 0 Å². The van der Waals surface area contributed by atoms with Crippen LogP contribution in [0.25, 0.3) is 0 Å². The van der Waals surface area contributed by atoms with Crippen LogP contribution in [-0.4, -0.2) is 11.5 Å². The first kappa shape index (κ1) is 31.6. The first-order valence-corrected chi connectivity index (χ1v) is 15.2. The average Bonchev–Trinajstić information content (AvgIpc) is 2.86. The molecule has 0 N–H and O–H groups in total. The van der Waals surface area contributed by atoms with E-state index < -0.39 is 0 Å². The molecule has 0 aliphatic heterocycles. The molecular weight excluding hydrogens is 430 g/mol. The van der Waals surface area contributed by atoms with Crippen molar-refractivity contribution in [3.63, 3.8) is 0 Å². The molecule has 0 saturated heterocycles. The molecule has 35 heavy (non-hydrogen) atoms. The Balaban J connectivity index is 3.50. The minimum absolute atomic E-state index is 0.0403. The second kappa shape index (κ2) is 18.8. The molecule has 1 aromatic carbocycles. The maximum absolute atomic E-state index is 11.3. The van der Waals surface area contributed by atoms with Crippen LogP contribution in [0.2, 0.25) is 0 Å². The number of nitrogens with zero attached hydrogens (tertiary/aromatic N) is 1. The molecule has 202 valence electrons. The van der Waals surface area contributed by atoms with Gasteiger partial charge in [-0.25, -0.2) is 0 Å². The van der Waals surface area contributed by atoms with E-state index in [1.54, 1.807) is 11.1 Å². The van der Waals surface area contributed by atoms with Gasteiger partial charge in [-0.1, -0.05) is 131 Å². The van der Waals surface area contributed by atoms with Gasteiger partial charge in [0.1, 0.15) is 0 Å². The highest BCUT2D eigenvalue weighted by molar-refractivity contribution is 5.42. The molecular formula is C32H57NO2. The molecule has 0 aliphatic rings. The number of rotatable bonds is 21. The Morgan fingerprint density at radius 2 is 1.06 bits per heavy atom. The van der Waals surface area contributed by atoms with Crippen LogP contribution in [0.5, 0.6) is 0 Å². The van der Waals surface area contributed by atoms with Crippen molar-refractivity contribution in [2.75, 3.05) is 6.54 Å². The molecule has 1 aromatic rings. The van der Waals surface area contributed by atoms with Crippen LogP contribution < -0.4 is 0 Å². The van der Waals surface area contributed by atoms with Crippen molar-refractivity contribution in [2.45, 2.75) is 144 Å². The first-order valence-electron chi connectivity index (χ1n) is 15.2. The predicted octanol–water partition coefficient (Wildman–Crippen LogP) is 9.78. The van der Waals surface area contributed by atoms with Crippen molar-refractivity contribution in [3.05, 3.63) is 44.5 Å². The minimum Gasteiger partial charge on any atom is -0.265 e. The molecule has 0 saturated carbocycles. The van der Waals surface area contributed by atoms with E-state index in [-0.39, 0.29) is 11.5 Å². The molecule has 0 radical (unpaired) electrons. The third kappa shape index (κ3) is 11.9. The summed E-state index contributed by atoms with van der Waals surface area (Å²) in [4.78, 5) is 11.1. The van der Waals surface area contributed by atoms with Crippen LogP contribution in [0, 0.1) is 27.9 Å². The first-order chi connectivity index (χ1) is 16.9. The zero-order valence-electron chi connectivity index (χ0n) is 24.2. The van der Waals surface area contributed by atoms with E-state index in [0.717, 1.165) is 18.8 Å². The van der Waals surface area contributed by atoms with E-state index in [9.17, 15) is 10.1 Å². The smallest absolute Gasteiger partial charge is 0.207 e. The van der Waals surface area contributed by atoms with Gasteiger partial charge >= 0.3 is 0 Å². The highest BCUT2D eigenvalue weighted by atomic mass is 16.6. The van der Waals surface area contributed by atoms with Gasteiger partial charge in [0.2, 0.25) is 6.54 Å². The molecule has 3 nitrogen and oxygen atoms in total. The third-order valence-electron chi connectivity index (χ3n) is 8.31. The highest BCUT2D eigenvalue weighted by Gasteiger charge is 2.22. The van der Waals surface area contributed by atoms with Crippen LogP contribution in [-0.2, 0) is 25.7 Å². The van der Waals surface area contributed by atoms with Gasteiger partial charge in [-0.2, -0.15) is 0 Å². The Morgan fingerprint density at radius 3 is 1.46 bits per heavy atom. The third-order valence-corrected chi connectivity index (χ3v) is 8.31. The van der Waals surface area contributed by atoms with E-state index >= 15 is 0 Å². The molecule has 0 fully saturated rings. The molecule has 3 atom stereocenters. The van der Waals surface area contributed by atoms with E-state index in [1.807, 2.05) is 0 Å². The maximum atomic E-state index is 11.3. The van der Waals surface area contributed by atoms with E-state index in [1.165, 1.54) is 94.6 Å². The molecule has 0 amide bonds. The second-order valence-electron chi connectivity index (χ2n) is 11.0. The standard InChI is InChI=1S/C32H57NO2/c1-7-13-16-26(10-4)23-30-20-19-29(21-22-33(34)35)31(24-27(11-5)17-14-8-2)32(30)25-28(12-6)18-15-9-3/h19-20,26-28H,7-18,21-25H2,1-6H3. The summed E-state index contributed by atoms with van der Waals surface area (Å²) < 4.78 is 0. The number of hydrogen-bond donors (Lipinski definition) is 0. The van der Waals surface area contributed by atoms with Crippen LogP contribution in [0.4, 0.5) is 0 Å². The Morgan fingerprint density at radius 1 is 0.657 bits per heavy atom. The Kier molecular flexibility index (Phi) is 17.0. The predicted molar refractivity (Wildman–Crippen MR) is 153 cm³/mol. The van der Waals surface area contributed by atoms with Crippen LogP contribution in [0.15, 0.2) is 12.1 Å². The fourth-order valence-electron chi connectivity index (χ4n) is 5.65. The van der Waals surface area contributed by atoms with E-state index in [0.29, 0.717) is 18.3 Å². The van der Waals surface area contributed by atoms with E-state index in [4.69, 9.17) is 0 Å². The molecule has 3 heteroatoms. The molecule has 1 rings (SSSR count). The number of unbranched alkanes of at least 4 members (excludes halogenated alkanes) is 3. The molecule has 0 heterocycles. The summed E-state index contributed by atoms with van der Waals surface area (Å²) in [5.74, 6) is 2.13. The number of nitro groups is 1.